The molecule has 2 aliphatic rings. The number of amides is 2. The van der Waals surface area contributed by atoms with Crippen LogP contribution in [-0.4, -0.2) is 40.8 Å². The molecule has 120 valence electrons. The first kappa shape index (κ1) is 14.4. The summed E-state index contributed by atoms with van der Waals surface area (Å²) in [5.41, 5.74) is 2.51. The molecule has 0 bridgehead atoms. The summed E-state index contributed by atoms with van der Waals surface area (Å²) < 4.78 is 0. The monoisotopic (exact) mass is 330 g/mol. The van der Waals surface area contributed by atoms with Crippen LogP contribution in [0.25, 0.3) is 0 Å². The molecule has 2 N–H and O–H groups in total. The lowest BCUT2D eigenvalue weighted by Crippen LogP contribution is -2.52. The quantitative estimate of drug-likeness (QED) is 0.891. The minimum absolute atomic E-state index is 0.198. The van der Waals surface area contributed by atoms with Crippen molar-refractivity contribution in [2.45, 2.75) is 19.3 Å². The maximum absolute atomic E-state index is 11.7. The van der Waals surface area contributed by atoms with Crippen molar-refractivity contribution in [3.63, 3.8) is 0 Å². The Morgan fingerprint density at radius 1 is 1.35 bits per heavy atom. The Bertz CT molecular complexity index is 698. The highest BCUT2D eigenvalue weighted by molar-refractivity contribution is 7.13. The molecule has 1 aliphatic heterocycles. The SMILES string of the molecule is O=C(NCC1CN(c2cc3c(nn2)CCC3)C1)Nc1nccs1. The summed E-state index contributed by atoms with van der Waals surface area (Å²) >= 11 is 1.41. The molecule has 1 fully saturated rings. The first-order valence-corrected chi connectivity index (χ1v) is 8.70. The van der Waals surface area contributed by atoms with Gasteiger partial charge in [-0.3, -0.25) is 5.32 Å². The van der Waals surface area contributed by atoms with Crippen molar-refractivity contribution in [2.75, 3.05) is 29.9 Å². The second kappa shape index (κ2) is 6.11. The van der Waals surface area contributed by atoms with Crippen molar-refractivity contribution in [1.29, 1.82) is 0 Å². The van der Waals surface area contributed by atoms with Gasteiger partial charge in [0.05, 0.1) is 5.69 Å². The Morgan fingerprint density at radius 3 is 3.09 bits per heavy atom. The molecule has 2 aromatic rings. The molecule has 0 aromatic carbocycles. The Labute approximate surface area is 138 Å². The molecule has 0 atom stereocenters. The predicted molar refractivity (Wildman–Crippen MR) is 88.9 cm³/mol. The highest BCUT2D eigenvalue weighted by Crippen LogP contribution is 2.26. The van der Waals surface area contributed by atoms with E-state index >= 15 is 0 Å². The Morgan fingerprint density at radius 2 is 2.26 bits per heavy atom. The number of fused-ring (bicyclic) bond motifs is 1. The Kier molecular flexibility index (Phi) is 3.82. The minimum Gasteiger partial charge on any atom is -0.354 e. The van der Waals surface area contributed by atoms with Gasteiger partial charge in [-0.25, -0.2) is 9.78 Å². The number of nitrogens with zero attached hydrogens (tertiary/aromatic N) is 4. The molecule has 4 rings (SSSR count). The highest BCUT2D eigenvalue weighted by Gasteiger charge is 2.29. The second-order valence-corrected chi connectivity index (χ2v) is 6.87. The normalized spacial score (nSPS) is 16.8. The predicted octanol–water partition coefficient (Wildman–Crippen LogP) is 1.68. The fourth-order valence-electron chi connectivity index (χ4n) is 3.02. The number of aryl methyl sites for hydroxylation is 2. The van der Waals surface area contributed by atoms with Gasteiger partial charge in [-0.15, -0.1) is 16.4 Å². The van der Waals surface area contributed by atoms with Crippen LogP contribution < -0.4 is 15.5 Å². The molecule has 8 heteroatoms. The number of nitrogens with one attached hydrogen (secondary N) is 2. The fourth-order valence-corrected chi connectivity index (χ4v) is 3.55. The van der Waals surface area contributed by atoms with E-state index in [9.17, 15) is 4.79 Å². The van der Waals surface area contributed by atoms with Gasteiger partial charge in [0, 0.05) is 37.1 Å². The molecule has 1 saturated heterocycles. The standard InChI is InChI=1S/C15H18N6OS/c22-14(18-15-16-4-5-23-15)17-7-10-8-21(9-10)13-6-11-2-1-3-12(11)19-20-13/h4-6,10H,1-3,7-9H2,(H2,16,17,18,22). The molecule has 2 aromatic heterocycles. The lowest BCUT2D eigenvalue weighted by Gasteiger charge is -2.40. The van der Waals surface area contributed by atoms with Crippen molar-refractivity contribution in [3.8, 4) is 0 Å². The number of hydrogen-bond acceptors (Lipinski definition) is 6. The van der Waals surface area contributed by atoms with E-state index in [1.165, 1.54) is 23.3 Å². The lowest BCUT2D eigenvalue weighted by atomic mass is 10.00. The van der Waals surface area contributed by atoms with Crippen LogP contribution in [0.3, 0.4) is 0 Å². The number of rotatable bonds is 4. The van der Waals surface area contributed by atoms with Crippen molar-refractivity contribution in [1.82, 2.24) is 20.5 Å². The summed E-state index contributed by atoms with van der Waals surface area (Å²) in [4.78, 5) is 18.0. The van der Waals surface area contributed by atoms with E-state index in [-0.39, 0.29) is 6.03 Å². The largest absolute Gasteiger partial charge is 0.354 e. The topological polar surface area (TPSA) is 83.0 Å². The van der Waals surface area contributed by atoms with E-state index in [2.05, 4.69) is 36.8 Å². The average Bonchev–Trinajstić information content (AvgIpc) is 3.16. The molecule has 23 heavy (non-hydrogen) atoms. The number of aromatic nitrogens is 3. The van der Waals surface area contributed by atoms with Gasteiger partial charge in [0.15, 0.2) is 10.9 Å². The van der Waals surface area contributed by atoms with Crippen LogP contribution in [0.5, 0.6) is 0 Å². The van der Waals surface area contributed by atoms with E-state index in [4.69, 9.17) is 0 Å². The number of thiazole rings is 1. The van der Waals surface area contributed by atoms with Crippen molar-refractivity contribution < 1.29 is 4.79 Å². The summed E-state index contributed by atoms with van der Waals surface area (Å²) in [6, 6.07) is 1.98. The van der Waals surface area contributed by atoms with Crippen LogP contribution in [0, 0.1) is 5.92 Å². The first-order chi connectivity index (χ1) is 11.3. The minimum atomic E-state index is -0.198. The van der Waals surface area contributed by atoms with Gasteiger partial charge >= 0.3 is 6.03 Å². The van der Waals surface area contributed by atoms with Gasteiger partial charge in [-0.05, 0) is 30.9 Å². The molecule has 3 heterocycles. The van der Waals surface area contributed by atoms with Gasteiger partial charge in [0.25, 0.3) is 0 Å². The number of hydrogen-bond donors (Lipinski definition) is 2. The summed E-state index contributed by atoms with van der Waals surface area (Å²) in [5, 5.41) is 16.7. The Hall–Kier alpha value is -2.22. The van der Waals surface area contributed by atoms with Gasteiger partial charge in [-0.2, -0.15) is 5.10 Å². The maximum atomic E-state index is 11.7. The Balaban J connectivity index is 1.23. The molecule has 0 spiro atoms. The summed E-state index contributed by atoms with van der Waals surface area (Å²) in [5.74, 6) is 1.42. The van der Waals surface area contributed by atoms with E-state index in [1.807, 2.05) is 5.38 Å². The zero-order valence-electron chi connectivity index (χ0n) is 12.7. The van der Waals surface area contributed by atoms with E-state index < -0.39 is 0 Å². The molecule has 2 amide bonds. The lowest BCUT2D eigenvalue weighted by molar-refractivity contribution is 0.248. The first-order valence-electron chi connectivity index (χ1n) is 7.83. The molecular weight excluding hydrogens is 312 g/mol. The zero-order valence-corrected chi connectivity index (χ0v) is 13.5. The molecule has 0 radical (unpaired) electrons. The maximum Gasteiger partial charge on any atom is 0.321 e. The third kappa shape index (κ3) is 3.12. The number of urea groups is 1. The zero-order chi connectivity index (χ0) is 15.6. The van der Waals surface area contributed by atoms with E-state index in [1.54, 1.807) is 6.20 Å². The third-order valence-corrected chi connectivity index (χ3v) is 4.98. The van der Waals surface area contributed by atoms with Crippen molar-refractivity contribution >= 4 is 28.3 Å². The third-order valence-electron chi connectivity index (χ3n) is 4.29. The molecule has 0 unspecified atom stereocenters. The summed E-state index contributed by atoms with van der Waals surface area (Å²) in [7, 11) is 0. The van der Waals surface area contributed by atoms with E-state index in [0.29, 0.717) is 17.6 Å². The smallest absolute Gasteiger partial charge is 0.321 e. The summed E-state index contributed by atoms with van der Waals surface area (Å²) in [6.07, 6.45) is 5.03. The average molecular weight is 330 g/mol. The van der Waals surface area contributed by atoms with Gasteiger partial charge in [-0.1, -0.05) is 0 Å². The molecule has 0 saturated carbocycles. The van der Waals surface area contributed by atoms with Crippen LogP contribution in [0.1, 0.15) is 17.7 Å². The van der Waals surface area contributed by atoms with Crippen LogP contribution in [0.2, 0.25) is 0 Å². The van der Waals surface area contributed by atoms with Crippen LogP contribution >= 0.6 is 11.3 Å². The van der Waals surface area contributed by atoms with Crippen LogP contribution in [0.15, 0.2) is 17.6 Å². The molecule has 1 aliphatic carbocycles. The number of anilines is 2. The second-order valence-electron chi connectivity index (χ2n) is 5.97. The molecular formula is C15H18N6OS. The number of carbonyl (C=O) groups is 1. The summed E-state index contributed by atoms with van der Waals surface area (Å²) in [6.45, 7) is 2.47. The van der Waals surface area contributed by atoms with Crippen LogP contribution in [0.4, 0.5) is 15.7 Å². The molecule has 7 nitrogen and oxygen atoms in total. The van der Waals surface area contributed by atoms with Crippen LogP contribution in [-0.2, 0) is 12.8 Å². The van der Waals surface area contributed by atoms with Gasteiger partial charge in [0.1, 0.15) is 0 Å². The van der Waals surface area contributed by atoms with Gasteiger partial charge in [0.2, 0.25) is 0 Å². The number of carbonyl (C=O) groups excluding carboxylic acids is 1. The fraction of sp³-hybridized carbons (Fsp3) is 0.467. The highest BCUT2D eigenvalue weighted by atomic mass is 32.1. The van der Waals surface area contributed by atoms with Crippen molar-refractivity contribution in [3.05, 3.63) is 28.9 Å². The van der Waals surface area contributed by atoms with Gasteiger partial charge < -0.3 is 10.2 Å². The van der Waals surface area contributed by atoms with Crippen molar-refractivity contribution in [2.24, 2.45) is 5.92 Å². The van der Waals surface area contributed by atoms with E-state index in [0.717, 1.165) is 37.4 Å².